The molecule has 1 saturated carbocycles. The summed E-state index contributed by atoms with van der Waals surface area (Å²) in [5, 5.41) is 5.47. The van der Waals surface area contributed by atoms with Crippen molar-refractivity contribution < 1.29 is 14.3 Å². The molecule has 1 fully saturated rings. The fourth-order valence-corrected chi connectivity index (χ4v) is 2.44. The second-order valence-corrected chi connectivity index (χ2v) is 5.87. The minimum atomic E-state index is -0.535. The van der Waals surface area contributed by atoms with Gasteiger partial charge in [0.25, 0.3) is 0 Å². The number of carbonyl (C=O) groups excluding carboxylic acids is 2. The first-order chi connectivity index (χ1) is 9.50. The highest BCUT2D eigenvalue weighted by Gasteiger charge is 2.25. The SMILES string of the molecule is CC(C)OCCCNC(=O)C(=O)N[C@H]1CCCC[C@H]1C. The van der Waals surface area contributed by atoms with E-state index in [4.69, 9.17) is 4.74 Å². The third-order valence-corrected chi connectivity index (χ3v) is 3.69. The number of hydrogen-bond donors (Lipinski definition) is 2. The maximum Gasteiger partial charge on any atom is 0.309 e. The summed E-state index contributed by atoms with van der Waals surface area (Å²) in [7, 11) is 0. The van der Waals surface area contributed by atoms with Crippen LogP contribution in [0, 0.1) is 5.92 Å². The minimum absolute atomic E-state index is 0.145. The van der Waals surface area contributed by atoms with Gasteiger partial charge in [-0.25, -0.2) is 0 Å². The quantitative estimate of drug-likeness (QED) is 0.575. The van der Waals surface area contributed by atoms with E-state index in [1.807, 2.05) is 13.8 Å². The van der Waals surface area contributed by atoms with Crippen molar-refractivity contribution in [2.45, 2.75) is 65.0 Å². The smallest absolute Gasteiger partial charge is 0.309 e. The number of nitrogens with one attached hydrogen (secondary N) is 2. The molecule has 0 saturated heterocycles. The molecule has 1 aliphatic carbocycles. The zero-order chi connectivity index (χ0) is 15.0. The van der Waals surface area contributed by atoms with Gasteiger partial charge in [0.05, 0.1) is 6.10 Å². The number of amides is 2. The predicted octanol–water partition coefficient (Wildman–Crippen LogP) is 1.61. The van der Waals surface area contributed by atoms with Crippen molar-refractivity contribution >= 4 is 11.8 Å². The Morgan fingerprint density at radius 1 is 1.20 bits per heavy atom. The summed E-state index contributed by atoms with van der Waals surface area (Å²) in [5.74, 6) is -0.583. The van der Waals surface area contributed by atoms with Gasteiger partial charge in [-0.2, -0.15) is 0 Å². The minimum Gasteiger partial charge on any atom is -0.379 e. The largest absolute Gasteiger partial charge is 0.379 e. The summed E-state index contributed by atoms with van der Waals surface area (Å²) in [5.41, 5.74) is 0. The highest BCUT2D eigenvalue weighted by Crippen LogP contribution is 2.23. The molecule has 0 unspecified atom stereocenters. The summed E-state index contributed by atoms with van der Waals surface area (Å²) >= 11 is 0. The maximum atomic E-state index is 11.8. The summed E-state index contributed by atoms with van der Waals surface area (Å²) in [6.45, 7) is 7.14. The molecule has 0 heterocycles. The van der Waals surface area contributed by atoms with Crippen LogP contribution in [0.2, 0.25) is 0 Å². The van der Waals surface area contributed by atoms with Gasteiger partial charge < -0.3 is 15.4 Å². The Bertz CT molecular complexity index is 318. The molecular weight excluding hydrogens is 256 g/mol. The fraction of sp³-hybridized carbons (Fsp3) is 0.867. The van der Waals surface area contributed by atoms with Gasteiger partial charge in [-0.1, -0.05) is 19.8 Å². The Kier molecular flexibility index (Phi) is 7.59. The maximum absolute atomic E-state index is 11.8. The second-order valence-electron chi connectivity index (χ2n) is 5.87. The van der Waals surface area contributed by atoms with Crippen LogP contribution in [0.1, 0.15) is 52.9 Å². The Morgan fingerprint density at radius 2 is 1.90 bits per heavy atom. The molecule has 5 nitrogen and oxygen atoms in total. The molecule has 0 aromatic rings. The average molecular weight is 284 g/mol. The topological polar surface area (TPSA) is 67.4 Å². The van der Waals surface area contributed by atoms with Crippen molar-refractivity contribution in [2.24, 2.45) is 5.92 Å². The lowest BCUT2D eigenvalue weighted by molar-refractivity contribution is -0.140. The molecule has 116 valence electrons. The van der Waals surface area contributed by atoms with Crippen molar-refractivity contribution in [2.75, 3.05) is 13.2 Å². The lowest BCUT2D eigenvalue weighted by Gasteiger charge is -2.29. The molecule has 2 atom stereocenters. The van der Waals surface area contributed by atoms with E-state index in [0.717, 1.165) is 25.7 Å². The van der Waals surface area contributed by atoms with E-state index in [1.54, 1.807) is 0 Å². The Morgan fingerprint density at radius 3 is 2.55 bits per heavy atom. The molecule has 0 aromatic heterocycles. The van der Waals surface area contributed by atoms with E-state index < -0.39 is 11.8 Å². The predicted molar refractivity (Wildman–Crippen MR) is 78.3 cm³/mol. The molecule has 20 heavy (non-hydrogen) atoms. The first-order valence-corrected chi connectivity index (χ1v) is 7.71. The summed E-state index contributed by atoms with van der Waals surface area (Å²) in [6.07, 6.45) is 5.36. The molecule has 1 rings (SSSR count). The fourth-order valence-electron chi connectivity index (χ4n) is 2.44. The second kappa shape index (κ2) is 8.95. The molecule has 5 heteroatoms. The van der Waals surface area contributed by atoms with Crippen LogP contribution in [-0.2, 0) is 14.3 Å². The molecule has 2 amide bonds. The van der Waals surface area contributed by atoms with E-state index in [0.29, 0.717) is 19.1 Å². The van der Waals surface area contributed by atoms with E-state index >= 15 is 0 Å². The highest BCUT2D eigenvalue weighted by atomic mass is 16.5. The number of carbonyl (C=O) groups is 2. The van der Waals surface area contributed by atoms with Gasteiger partial charge in [-0.15, -0.1) is 0 Å². The zero-order valence-electron chi connectivity index (χ0n) is 12.9. The van der Waals surface area contributed by atoms with E-state index in [-0.39, 0.29) is 12.1 Å². The van der Waals surface area contributed by atoms with Crippen molar-refractivity contribution in [3.05, 3.63) is 0 Å². The van der Waals surface area contributed by atoms with Crippen molar-refractivity contribution in [1.29, 1.82) is 0 Å². The average Bonchev–Trinajstić information content (AvgIpc) is 2.40. The third kappa shape index (κ3) is 6.37. The van der Waals surface area contributed by atoms with Gasteiger partial charge in [-0.3, -0.25) is 9.59 Å². The van der Waals surface area contributed by atoms with E-state index in [1.165, 1.54) is 6.42 Å². The third-order valence-electron chi connectivity index (χ3n) is 3.69. The first-order valence-electron chi connectivity index (χ1n) is 7.71. The van der Waals surface area contributed by atoms with Gasteiger partial charge in [0.1, 0.15) is 0 Å². The van der Waals surface area contributed by atoms with Gasteiger partial charge in [0, 0.05) is 19.2 Å². The first kappa shape index (κ1) is 17.0. The van der Waals surface area contributed by atoms with Gasteiger partial charge in [0.15, 0.2) is 0 Å². The summed E-state index contributed by atoms with van der Waals surface area (Å²) in [4.78, 5) is 23.4. The zero-order valence-corrected chi connectivity index (χ0v) is 12.9. The van der Waals surface area contributed by atoms with Crippen LogP contribution in [0.4, 0.5) is 0 Å². The Balaban J connectivity index is 2.17. The van der Waals surface area contributed by atoms with Crippen LogP contribution in [0.25, 0.3) is 0 Å². The molecule has 0 spiro atoms. The number of ether oxygens (including phenoxy) is 1. The van der Waals surface area contributed by atoms with Crippen LogP contribution in [0.15, 0.2) is 0 Å². The van der Waals surface area contributed by atoms with Gasteiger partial charge in [-0.05, 0) is 39.0 Å². The van der Waals surface area contributed by atoms with E-state index in [2.05, 4.69) is 17.6 Å². The molecule has 0 aromatic carbocycles. The van der Waals surface area contributed by atoms with Crippen molar-refractivity contribution in [1.82, 2.24) is 10.6 Å². The molecule has 0 aliphatic heterocycles. The van der Waals surface area contributed by atoms with Crippen LogP contribution in [0.5, 0.6) is 0 Å². The number of rotatable bonds is 6. The summed E-state index contributed by atoms with van der Waals surface area (Å²) < 4.78 is 5.37. The van der Waals surface area contributed by atoms with Crippen LogP contribution in [0.3, 0.4) is 0 Å². The Labute approximate surface area is 121 Å². The summed E-state index contributed by atoms with van der Waals surface area (Å²) in [6, 6.07) is 0.145. The van der Waals surface area contributed by atoms with Crippen LogP contribution >= 0.6 is 0 Å². The molecule has 2 N–H and O–H groups in total. The molecular formula is C15H28N2O3. The highest BCUT2D eigenvalue weighted by molar-refractivity contribution is 6.35. The molecule has 1 aliphatic rings. The van der Waals surface area contributed by atoms with Crippen molar-refractivity contribution in [3.8, 4) is 0 Å². The monoisotopic (exact) mass is 284 g/mol. The van der Waals surface area contributed by atoms with Gasteiger partial charge >= 0.3 is 11.8 Å². The van der Waals surface area contributed by atoms with Crippen LogP contribution < -0.4 is 10.6 Å². The van der Waals surface area contributed by atoms with Crippen molar-refractivity contribution in [3.63, 3.8) is 0 Å². The van der Waals surface area contributed by atoms with Crippen LogP contribution in [-0.4, -0.2) is 37.1 Å². The molecule has 0 bridgehead atoms. The van der Waals surface area contributed by atoms with E-state index in [9.17, 15) is 9.59 Å². The standard InChI is InChI=1S/C15H28N2O3/c1-11(2)20-10-6-9-16-14(18)15(19)17-13-8-5-4-7-12(13)3/h11-13H,4-10H2,1-3H3,(H,16,18)(H,17,19)/t12-,13+/m1/s1. The normalized spacial score (nSPS) is 22.6. The molecule has 0 radical (unpaired) electrons. The lowest BCUT2D eigenvalue weighted by atomic mass is 9.86. The Hall–Kier alpha value is -1.10. The van der Waals surface area contributed by atoms with Gasteiger partial charge in [0.2, 0.25) is 0 Å². The number of hydrogen-bond acceptors (Lipinski definition) is 3. The lowest BCUT2D eigenvalue weighted by Crippen LogP contribution is -2.47.